The van der Waals surface area contributed by atoms with E-state index in [0.717, 1.165) is 5.56 Å². The van der Waals surface area contributed by atoms with E-state index in [4.69, 9.17) is 0 Å². The van der Waals surface area contributed by atoms with E-state index in [1.165, 1.54) is 4.90 Å². The molecular weight excluding hydrogens is 255 g/mol. The van der Waals surface area contributed by atoms with Crippen molar-refractivity contribution in [2.45, 2.75) is 25.9 Å². The molecule has 1 fully saturated rings. The summed E-state index contributed by atoms with van der Waals surface area (Å²) in [6.45, 7) is 2.24. The number of hydrogen-bond donors (Lipinski definition) is 0. The van der Waals surface area contributed by atoms with Gasteiger partial charge in [-0.1, -0.05) is 17.7 Å². The van der Waals surface area contributed by atoms with Crippen LogP contribution in [0.3, 0.4) is 0 Å². The van der Waals surface area contributed by atoms with Gasteiger partial charge in [0.2, 0.25) is 0 Å². The monoisotopic (exact) mass is 271 g/mol. The summed E-state index contributed by atoms with van der Waals surface area (Å²) in [4.78, 5) is 13.7. The van der Waals surface area contributed by atoms with Crippen LogP contribution in [0.2, 0.25) is 0 Å². The molecule has 0 bridgehead atoms. The first-order valence-corrected chi connectivity index (χ1v) is 6.30. The van der Waals surface area contributed by atoms with Crippen molar-refractivity contribution in [3.05, 3.63) is 35.4 Å². The number of hydrogen-bond acceptors (Lipinski definition) is 1. The van der Waals surface area contributed by atoms with Crippen LogP contribution in [0.1, 0.15) is 28.8 Å². The first-order chi connectivity index (χ1) is 8.88. The van der Waals surface area contributed by atoms with Gasteiger partial charge in [-0.05, 0) is 31.9 Å². The van der Waals surface area contributed by atoms with Crippen molar-refractivity contribution in [1.29, 1.82) is 0 Å². The van der Waals surface area contributed by atoms with Crippen LogP contribution in [0.15, 0.2) is 24.3 Å². The summed E-state index contributed by atoms with van der Waals surface area (Å²) in [5.41, 5.74) is 1.52. The molecule has 1 heterocycles. The Kier molecular flexibility index (Phi) is 3.83. The molecule has 0 unspecified atom stereocenters. The molecule has 0 radical (unpaired) electrons. The number of halogens is 3. The standard InChI is InChI=1S/C14H16F3NO/c1-10-3-2-4-11(9-10)13(19)18-7-5-12(6-8-18)14(15,16)17/h2-4,9,12H,5-8H2,1H3. The van der Waals surface area contributed by atoms with Gasteiger partial charge in [-0.2, -0.15) is 13.2 Å². The lowest BCUT2D eigenvalue weighted by atomic mass is 9.96. The van der Waals surface area contributed by atoms with Crippen LogP contribution >= 0.6 is 0 Å². The highest BCUT2D eigenvalue weighted by Crippen LogP contribution is 2.34. The van der Waals surface area contributed by atoms with Crippen molar-refractivity contribution in [2.75, 3.05) is 13.1 Å². The molecule has 0 N–H and O–H groups in total. The Hall–Kier alpha value is -1.52. The van der Waals surface area contributed by atoms with Gasteiger partial charge in [-0.3, -0.25) is 4.79 Å². The lowest BCUT2D eigenvalue weighted by molar-refractivity contribution is -0.183. The maximum absolute atomic E-state index is 12.5. The molecule has 0 spiro atoms. The molecule has 1 aromatic carbocycles. The van der Waals surface area contributed by atoms with E-state index in [2.05, 4.69) is 0 Å². The van der Waals surface area contributed by atoms with Crippen molar-refractivity contribution in [1.82, 2.24) is 4.90 Å². The third-order valence-electron chi connectivity index (χ3n) is 3.51. The molecule has 1 aliphatic heterocycles. The summed E-state index contributed by atoms with van der Waals surface area (Å²) in [6.07, 6.45) is -4.14. The van der Waals surface area contributed by atoms with E-state index in [1.54, 1.807) is 18.2 Å². The molecule has 2 rings (SSSR count). The van der Waals surface area contributed by atoms with Crippen molar-refractivity contribution in [3.8, 4) is 0 Å². The summed E-state index contributed by atoms with van der Waals surface area (Å²) < 4.78 is 37.6. The van der Waals surface area contributed by atoms with Crippen LogP contribution in [0.25, 0.3) is 0 Å². The van der Waals surface area contributed by atoms with Crippen molar-refractivity contribution in [3.63, 3.8) is 0 Å². The third kappa shape index (κ3) is 3.28. The maximum atomic E-state index is 12.5. The Labute approximate surface area is 110 Å². The zero-order chi connectivity index (χ0) is 14.0. The number of piperidine rings is 1. The Morgan fingerprint density at radius 2 is 1.89 bits per heavy atom. The van der Waals surface area contributed by atoms with Crippen LogP contribution in [0.5, 0.6) is 0 Å². The third-order valence-corrected chi connectivity index (χ3v) is 3.51. The molecule has 5 heteroatoms. The van der Waals surface area contributed by atoms with Gasteiger partial charge in [-0.25, -0.2) is 0 Å². The van der Waals surface area contributed by atoms with Crippen molar-refractivity contribution in [2.24, 2.45) is 5.92 Å². The van der Waals surface area contributed by atoms with Crippen LogP contribution in [0.4, 0.5) is 13.2 Å². The molecule has 1 aliphatic rings. The van der Waals surface area contributed by atoms with E-state index in [0.29, 0.717) is 5.56 Å². The second-order valence-corrected chi connectivity index (χ2v) is 4.98. The number of nitrogens with zero attached hydrogens (tertiary/aromatic N) is 1. The number of amides is 1. The predicted octanol–water partition coefficient (Wildman–Crippen LogP) is 3.41. The topological polar surface area (TPSA) is 20.3 Å². The SMILES string of the molecule is Cc1cccc(C(=O)N2CCC(C(F)(F)F)CC2)c1. The number of carbonyl (C=O) groups is 1. The molecule has 0 aliphatic carbocycles. The Bertz CT molecular complexity index is 462. The van der Waals surface area contributed by atoms with Gasteiger partial charge in [0, 0.05) is 18.7 Å². The van der Waals surface area contributed by atoms with Crippen molar-refractivity contribution >= 4 is 5.91 Å². The molecule has 19 heavy (non-hydrogen) atoms. The molecular formula is C14H16F3NO. The summed E-state index contributed by atoms with van der Waals surface area (Å²) in [5.74, 6) is -1.45. The normalized spacial score (nSPS) is 17.6. The second kappa shape index (κ2) is 5.23. The minimum atomic E-state index is -4.14. The molecule has 2 nitrogen and oxygen atoms in total. The summed E-state index contributed by atoms with van der Waals surface area (Å²) in [6, 6.07) is 7.13. The van der Waals surface area contributed by atoms with Gasteiger partial charge < -0.3 is 4.90 Å². The zero-order valence-electron chi connectivity index (χ0n) is 10.7. The molecule has 0 aromatic heterocycles. The fraction of sp³-hybridized carbons (Fsp3) is 0.500. The highest BCUT2D eigenvalue weighted by atomic mass is 19.4. The van der Waals surface area contributed by atoms with Crippen LogP contribution < -0.4 is 0 Å². The number of likely N-dealkylation sites (tertiary alicyclic amines) is 1. The Morgan fingerprint density at radius 1 is 1.26 bits per heavy atom. The first-order valence-electron chi connectivity index (χ1n) is 6.30. The maximum Gasteiger partial charge on any atom is 0.391 e. The van der Waals surface area contributed by atoms with E-state index >= 15 is 0 Å². The number of aryl methyl sites for hydroxylation is 1. The lowest BCUT2D eigenvalue weighted by Gasteiger charge is -2.33. The molecule has 1 saturated heterocycles. The van der Waals surface area contributed by atoms with Gasteiger partial charge in [0.15, 0.2) is 0 Å². The Morgan fingerprint density at radius 3 is 2.42 bits per heavy atom. The highest BCUT2D eigenvalue weighted by molar-refractivity contribution is 5.94. The van der Waals surface area contributed by atoms with Gasteiger partial charge in [-0.15, -0.1) is 0 Å². The van der Waals surface area contributed by atoms with Gasteiger partial charge in [0.25, 0.3) is 5.91 Å². The molecule has 104 valence electrons. The van der Waals surface area contributed by atoms with E-state index in [9.17, 15) is 18.0 Å². The Balaban J connectivity index is 2.00. The number of rotatable bonds is 1. The molecule has 0 atom stereocenters. The van der Waals surface area contributed by atoms with Gasteiger partial charge >= 0.3 is 6.18 Å². The highest BCUT2D eigenvalue weighted by Gasteiger charge is 2.41. The average molecular weight is 271 g/mol. The largest absolute Gasteiger partial charge is 0.391 e. The molecule has 1 aromatic rings. The van der Waals surface area contributed by atoms with Crippen LogP contribution in [-0.2, 0) is 0 Å². The molecule has 1 amide bonds. The zero-order valence-corrected chi connectivity index (χ0v) is 10.7. The number of carbonyl (C=O) groups excluding carboxylic acids is 1. The molecule has 0 saturated carbocycles. The minimum absolute atomic E-state index is 0.00105. The van der Waals surface area contributed by atoms with E-state index in [-0.39, 0.29) is 31.8 Å². The van der Waals surface area contributed by atoms with Gasteiger partial charge in [0.1, 0.15) is 0 Å². The van der Waals surface area contributed by atoms with E-state index in [1.807, 2.05) is 13.0 Å². The van der Waals surface area contributed by atoms with Crippen LogP contribution in [0, 0.1) is 12.8 Å². The number of alkyl halides is 3. The van der Waals surface area contributed by atoms with Gasteiger partial charge in [0.05, 0.1) is 5.92 Å². The smallest absolute Gasteiger partial charge is 0.339 e. The minimum Gasteiger partial charge on any atom is -0.339 e. The quantitative estimate of drug-likeness (QED) is 0.766. The fourth-order valence-corrected chi connectivity index (χ4v) is 2.37. The van der Waals surface area contributed by atoms with Crippen LogP contribution in [-0.4, -0.2) is 30.1 Å². The summed E-state index contributed by atoms with van der Waals surface area (Å²) in [5, 5.41) is 0. The van der Waals surface area contributed by atoms with E-state index < -0.39 is 12.1 Å². The summed E-state index contributed by atoms with van der Waals surface area (Å²) in [7, 11) is 0. The number of benzene rings is 1. The predicted molar refractivity (Wildman–Crippen MR) is 65.9 cm³/mol. The van der Waals surface area contributed by atoms with Crippen molar-refractivity contribution < 1.29 is 18.0 Å². The average Bonchev–Trinajstić information content (AvgIpc) is 2.37. The first kappa shape index (κ1) is 13.9. The second-order valence-electron chi connectivity index (χ2n) is 4.98. The summed E-state index contributed by atoms with van der Waals surface area (Å²) >= 11 is 0. The fourth-order valence-electron chi connectivity index (χ4n) is 2.37. The lowest BCUT2D eigenvalue weighted by Crippen LogP contribution is -2.42.